The van der Waals surface area contributed by atoms with Crippen LogP contribution in [-0.4, -0.2) is 68.5 Å². The summed E-state index contributed by atoms with van der Waals surface area (Å²) < 4.78 is 12.5. The second-order valence-electron chi connectivity index (χ2n) is 10.2. The number of ether oxygens (including phenoxy) is 2. The highest BCUT2D eigenvalue weighted by molar-refractivity contribution is 5.94. The van der Waals surface area contributed by atoms with E-state index >= 15 is 0 Å². The lowest BCUT2D eigenvalue weighted by Gasteiger charge is -2.32. The van der Waals surface area contributed by atoms with E-state index in [-0.39, 0.29) is 29.4 Å². The van der Waals surface area contributed by atoms with Gasteiger partial charge < -0.3 is 24.6 Å². The first-order chi connectivity index (χ1) is 19.3. The predicted molar refractivity (Wildman–Crippen MR) is 150 cm³/mol. The van der Waals surface area contributed by atoms with Gasteiger partial charge in [0.2, 0.25) is 0 Å². The van der Waals surface area contributed by atoms with Gasteiger partial charge >= 0.3 is 0 Å². The number of phenolic OH excluding ortho intramolecular Hbond substituents is 2. The number of rotatable bonds is 7. The van der Waals surface area contributed by atoms with Gasteiger partial charge in [-0.2, -0.15) is 0 Å². The van der Waals surface area contributed by atoms with Crippen molar-refractivity contribution in [1.82, 2.24) is 25.1 Å². The maximum Gasteiger partial charge on any atom is 0.253 e. The van der Waals surface area contributed by atoms with Crippen molar-refractivity contribution in [2.75, 3.05) is 27.3 Å². The molecular weight excluding hydrogens is 510 g/mol. The molecule has 2 N–H and O–H groups in total. The number of aromatic hydroxyl groups is 2. The fraction of sp³-hybridized carbons (Fsp3) is 0.333. The molecule has 1 aliphatic rings. The van der Waals surface area contributed by atoms with Gasteiger partial charge in [0, 0.05) is 35.8 Å². The Hall–Kier alpha value is -4.60. The predicted octanol–water partition coefficient (Wildman–Crippen LogP) is 5.04. The van der Waals surface area contributed by atoms with Gasteiger partial charge in [-0.05, 0) is 77.2 Å². The van der Waals surface area contributed by atoms with E-state index < -0.39 is 0 Å². The lowest BCUT2D eigenvalue weighted by molar-refractivity contribution is 0.0690. The third kappa shape index (κ3) is 5.16. The van der Waals surface area contributed by atoms with Crippen LogP contribution < -0.4 is 9.47 Å². The van der Waals surface area contributed by atoms with E-state index in [2.05, 4.69) is 29.4 Å². The summed E-state index contributed by atoms with van der Waals surface area (Å²) in [5, 5.41) is 34.0. The zero-order valence-corrected chi connectivity index (χ0v) is 23.0. The Bertz CT molecular complexity index is 1510. The van der Waals surface area contributed by atoms with Crippen LogP contribution in [-0.2, 0) is 0 Å². The highest BCUT2D eigenvalue weighted by atomic mass is 16.5. The van der Waals surface area contributed by atoms with Crippen molar-refractivity contribution in [1.29, 1.82) is 0 Å². The Labute approximate surface area is 232 Å². The molecule has 1 fully saturated rings. The molecule has 0 unspecified atom stereocenters. The maximum absolute atomic E-state index is 13.0. The minimum atomic E-state index is -0.136. The number of tetrazole rings is 1. The molecule has 0 radical (unpaired) electrons. The second kappa shape index (κ2) is 11.3. The molecule has 0 aliphatic carbocycles. The molecule has 3 aromatic carbocycles. The monoisotopic (exact) mass is 543 g/mol. The van der Waals surface area contributed by atoms with Crippen molar-refractivity contribution >= 4 is 5.91 Å². The molecule has 5 rings (SSSR count). The largest absolute Gasteiger partial charge is 0.507 e. The Kier molecular flexibility index (Phi) is 7.59. The molecule has 1 saturated heterocycles. The van der Waals surface area contributed by atoms with Crippen LogP contribution in [0.2, 0.25) is 0 Å². The van der Waals surface area contributed by atoms with E-state index in [4.69, 9.17) is 9.47 Å². The van der Waals surface area contributed by atoms with E-state index in [9.17, 15) is 15.0 Å². The number of benzene rings is 3. The normalized spacial score (nSPS) is 14.0. The fourth-order valence-corrected chi connectivity index (χ4v) is 5.11. The third-order valence-corrected chi connectivity index (χ3v) is 7.46. The molecule has 1 aromatic heterocycles. The lowest BCUT2D eigenvalue weighted by atomic mass is 9.94. The van der Waals surface area contributed by atoms with Gasteiger partial charge in [-0.3, -0.25) is 4.79 Å². The molecule has 2 heterocycles. The SMILES string of the molecule is COc1ccc(C(=O)N2CCC(n3nnnc3-c3cc(-c4cc(C(C)C)ccc4OC)c(O)cc3O)CC2)cc1. The molecule has 0 atom stereocenters. The van der Waals surface area contributed by atoms with Crippen LogP contribution in [0.15, 0.2) is 54.6 Å². The Balaban J connectivity index is 1.41. The summed E-state index contributed by atoms with van der Waals surface area (Å²) >= 11 is 0. The van der Waals surface area contributed by atoms with Crippen LogP contribution in [0.1, 0.15) is 54.6 Å². The highest BCUT2D eigenvalue weighted by Crippen LogP contribution is 2.43. The average Bonchev–Trinajstić information content (AvgIpc) is 3.46. The summed E-state index contributed by atoms with van der Waals surface area (Å²) in [6, 6.07) is 15.9. The second-order valence-corrected chi connectivity index (χ2v) is 10.2. The standard InChI is InChI=1S/C30H33N5O5/c1-18(2)20-7-10-28(40-4)24(15-20)23-16-25(27(37)17-26(23)36)29-31-32-33-35(29)21-11-13-34(14-12-21)30(38)19-5-8-22(39-3)9-6-19/h5-10,15-18,21,36-37H,11-14H2,1-4H3. The van der Waals surface area contributed by atoms with E-state index in [1.165, 1.54) is 6.07 Å². The van der Waals surface area contributed by atoms with Gasteiger partial charge in [0.15, 0.2) is 5.82 Å². The van der Waals surface area contributed by atoms with E-state index in [0.717, 1.165) is 5.56 Å². The van der Waals surface area contributed by atoms with E-state index in [1.54, 1.807) is 49.2 Å². The van der Waals surface area contributed by atoms with Crippen molar-refractivity contribution in [3.05, 3.63) is 65.7 Å². The topological polar surface area (TPSA) is 123 Å². The fourth-order valence-electron chi connectivity index (χ4n) is 5.11. The molecule has 10 nitrogen and oxygen atoms in total. The number of hydrogen-bond acceptors (Lipinski definition) is 8. The Morgan fingerprint density at radius 1 is 0.900 bits per heavy atom. The first-order valence-corrected chi connectivity index (χ1v) is 13.3. The van der Waals surface area contributed by atoms with Crippen LogP contribution >= 0.6 is 0 Å². The summed E-state index contributed by atoms with van der Waals surface area (Å²) in [6.07, 6.45) is 1.30. The number of nitrogens with zero attached hydrogens (tertiary/aromatic N) is 5. The smallest absolute Gasteiger partial charge is 0.253 e. The van der Waals surface area contributed by atoms with E-state index in [1.807, 2.05) is 23.1 Å². The van der Waals surface area contributed by atoms with Crippen LogP contribution in [0, 0.1) is 0 Å². The maximum atomic E-state index is 13.0. The number of methoxy groups -OCH3 is 2. The van der Waals surface area contributed by atoms with Crippen molar-refractivity contribution in [2.24, 2.45) is 0 Å². The number of carbonyl (C=O) groups is 1. The number of aromatic nitrogens is 4. The van der Waals surface area contributed by atoms with Crippen molar-refractivity contribution in [3.8, 4) is 45.5 Å². The molecular formula is C30H33N5O5. The number of likely N-dealkylation sites (tertiary alicyclic amines) is 1. The van der Waals surface area contributed by atoms with Gasteiger partial charge in [0.1, 0.15) is 23.0 Å². The van der Waals surface area contributed by atoms with E-state index in [0.29, 0.717) is 65.5 Å². The van der Waals surface area contributed by atoms with Crippen LogP contribution in [0.5, 0.6) is 23.0 Å². The lowest BCUT2D eigenvalue weighted by Crippen LogP contribution is -2.39. The van der Waals surface area contributed by atoms with Gasteiger partial charge in [-0.1, -0.05) is 19.9 Å². The quantitative estimate of drug-likeness (QED) is 0.333. The van der Waals surface area contributed by atoms with Crippen LogP contribution in [0.4, 0.5) is 0 Å². The molecule has 0 saturated carbocycles. The number of piperidine rings is 1. The summed E-state index contributed by atoms with van der Waals surface area (Å²) in [4.78, 5) is 14.8. The number of phenols is 2. The zero-order chi connectivity index (χ0) is 28.4. The summed E-state index contributed by atoms with van der Waals surface area (Å²) in [6.45, 7) is 5.27. The van der Waals surface area contributed by atoms with Gasteiger partial charge in [0.05, 0.1) is 25.8 Å². The van der Waals surface area contributed by atoms with Crippen LogP contribution in [0.25, 0.3) is 22.5 Å². The molecule has 1 amide bonds. The van der Waals surface area contributed by atoms with Crippen molar-refractivity contribution in [3.63, 3.8) is 0 Å². The zero-order valence-electron chi connectivity index (χ0n) is 23.0. The van der Waals surface area contributed by atoms with Crippen molar-refractivity contribution < 1.29 is 24.5 Å². The minimum Gasteiger partial charge on any atom is -0.507 e. The van der Waals surface area contributed by atoms with Gasteiger partial charge in [0.25, 0.3) is 5.91 Å². The molecule has 10 heteroatoms. The third-order valence-electron chi connectivity index (χ3n) is 7.46. The number of carbonyl (C=O) groups excluding carboxylic acids is 1. The van der Waals surface area contributed by atoms with Gasteiger partial charge in [-0.25, -0.2) is 4.68 Å². The summed E-state index contributed by atoms with van der Waals surface area (Å²) in [5.74, 6) is 1.72. The minimum absolute atomic E-state index is 0.0311. The molecule has 0 bridgehead atoms. The Morgan fingerprint density at radius 2 is 1.60 bits per heavy atom. The average molecular weight is 544 g/mol. The summed E-state index contributed by atoms with van der Waals surface area (Å²) in [5.41, 5.74) is 3.30. The molecule has 1 aliphatic heterocycles. The van der Waals surface area contributed by atoms with Crippen LogP contribution in [0.3, 0.4) is 0 Å². The Morgan fingerprint density at radius 3 is 2.25 bits per heavy atom. The number of hydrogen-bond donors (Lipinski definition) is 2. The first kappa shape index (κ1) is 27.0. The molecule has 40 heavy (non-hydrogen) atoms. The first-order valence-electron chi connectivity index (χ1n) is 13.3. The van der Waals surface area contributed by atoms with Crippen molar-refractivity contribution in [2.45, 2.75) is 38.6 Å². The summed E-state index contributed by atoms with van der Waals surface area (Å²) in [7, 11) is 3.17. The molecule has 4 aromatic rings. The molecule has 208 valence electrons. The molecule has 0 spiro atoms. The number of amides is 1. The highest BCUT2D eigenvalue weighted by Gasteiger charge is 2.29. The van der Waals surface area contributed by atoms with Gasteiger partial charge in [-0.15, -0.1) is 5.10 Å².